The molecule has 2 aromatic rings. The molecule has 6 nitrogen and oxygen atoms in total. The van der Waals surface area contributed by atoms with Crippen molar-refractivity contribution in [1.29, 1.82) is 0 Å². The number of fused-ring (bicyclic) bond motifs is 1. The molecule has 1 aliphatic heterocycles. The Bertz CT molecular complexity index is 898. The van der Waals surface area contributed by atoms with Crippen molar-refractivity contribution in [1.82, 2.24) is 0 Å². The van der Waals surface area contributed by atoms with E-state index in [-0.39, 0.29) is 5.69 Å². The van der Waals surface area contributed by atoms with Crippen molar-refractivity contribution in [3.05, 3.63) is 59.7 Å². The first-order valence-electron chi connectivity index (χ1n) is 8.00. The lowest BCUT2D eigenvalue weighted by atomic mass is 10.2. The van der Waals surface area contributed by atoms with Crippen LogP contribution in [0.15, 0.2) is 42.5 Å². The molecule has 1 amide bonds. The van der Waals surface area contributed by atoms with E-state index < -0.39 is 30.1 Å². The SMILES string of the molecule is O=C(COC(=O)/C=C/c1ccc2c(c1)OCCO2)Nc1cc(F)ccc1F. The molecule has 0 aromatic heterocycles. The van der Waals surface area contributed by atoms with E-state index in [0.29, 0.717) is 30.3 Å². The lowest BCUT2D eigenvalue weighted by Crippen LogP contribution is -2.20. The van der Waals surface area contributed by atoms with Gasteiger partial charge in [-0.1, -0.05) is 6.07 Å². The van der Waals surface area contributed by atoms with Gasteiger partial charge in [-0.15, -0.1) is 0 Å². The minimum atomic E-state index is -0.797. The summed E-state index contributed by atoms with van der Waals surface area (Å²) >= 11 is 0. The molecule has 0 saturated carbocycles. The van der Waals surface area contributed by atoms with Gasteiger partial charge in [-0.2, -0.15) is 0 Å². The third kappa shape index (κ3) is 5.04. The van der Waals surface area contributed by atoms with Crippen molar-refractivity contribution < 1.29 is 32.6 Å². The molecule has 2 aromatic carbocycles. The molecule has 140 valence electrons. The molecule has 0 spiro atoms. The van der Waals surface area contributed by atoms with Gasteiger partial charge in [-0.05, 0) is 35.9 Å². The van der Waals surface area contributed by atoms with Crippen LogP contribution in [0.2, 0.25) is 0 Å². The van der Waals surface area contributed by atoms with E-state index in [9.17, 15) is 18.4 Å². The van der Waals surface area contributed by atoms with E-state index in [1.807, 2.05) is 0 Å². The number of halogens is 2. The first-order valence-corrected chi connectivity index (χ1v) is 8.00. The Labute approximate surface area is 153 Å². The molecule has 0 radical (unpaired) electrons. The fourth-order valence-corrected chi connectivity index (χ4v) is 2.29. The molecular weight excluding hydrogens is 360 g/mol. The Morgan fingerprint density at radius 3 is 2.67 bits per heavy atom. The lowest BCUT2D eigenvalue weighted by Gasteiger charge is -2.18. The zero-order valence-corrected chi connectivity index (χ0v) is 14.0. The van der Waals surface area contributed by atoms with Crippen LogP contribution in [0.4, 0.5) is 14.5 Å². The average molecular weight is 375 g/mol. The molecule has 0 unspecified atom stereocenters. The van der Waals surface area contributed by atoms with Crippen molar-refractivity contribution in [3.63, 3.8) is 0 Å². The average Bonchev–Trinajstić information content (AvgIpc) is 2.67. The maximum atomic E-state index is 13.4. The summed E-state index contributed by atoms with van der Waals surface area (Å²) in [6.45, 7) is 0.291. The van der Waals surface area contributed by atoms with E-state index in [2.05, 4.69) is 5.32 Å². The summed E-state index contributed by atoms with van der Waals surface area (Å²) in [5, 5.41) is 2.13. The van der Waals surface area contributed by atoms with E-state index in [1.165, 1.54) is 6.08 Å². The summed E-state index contributed by atoms with van der Waals surface area (Å²) in [4.78, 5) is 23.4. The van der Waals surface area contributed by atoms with Gasteiger partial charge in [0.25, 0.3) is 5.91 Å². The van der Waals surface area contributed by atoms with Crippen molar-refractivity contribution >= 4 is 23.6 Å². The smallest absolute Gasteiger partial charge is 0.331 e. The zero-order valence-electron chi connectivity index (χ0n) is 14.0. The van der Waals surface area contributed by atoms with Crippen LogP contribution >= 0.6 is 0 Å². The summed E-state index contributed by atoms with van der Waals surface area (Å²) in [6.07, 6.45) is 2.63. The topological polar surface area (TPSA) is 73.9 Å². The molecule has 0 fully saturated rings. The standard InChI is InChI=1S/C19H15F2NO5/c20-13-3-4-14(21)15(10-13)22-18(23)11-27-19(24)6-2-12-1-5-16-17(9-12)26-8-7-25-16/h1-6,9-10H,7-8,11H2,(H,22,23)/b6-2+. The van der Waals surface area contributed by atoms with Gasteiger partial charge in [-0.25, -0.2) is 13.6 Å². The third-order valence-corrected chi connectivity index (χ3v) is 3.53. The van der Waals surface area contributed by atoms with Gasteiger partial charge in [0.15, 0.2) is 18.1 Å². The fourth-order valence-electron chi connectivity index (χ4n) is 2.29. The van der Waals surface area contributed by atoms with Crippen LogP contribution in [0.5, 0.6) is 11.5 Å². The Kier molecular flexibility index (Phi) is 5.65. The molecule has 1 heterocycles. The molecule has 1 N–H and O–H groups in total. The summed E-state index contributed by atoms with van der Waals surface area (Å²) in [6, 6.07) is 7.80. The molecule has 27 heavy (non-hydrogen) atoms. The Morgan fingerprint density at radius 2 is 1.85 bits per heavy atom. The van der Waals surface area contributed by atoms with Crippen LogP contribution in [-0.2, 0) is 14.3 Å². The first kappa shape index (κ1) is 18.4. The van der Waals surface area contributed by atoms with Crippen molar-refractivity contribution in [2.75, 3.05) is 25.1 Å². The highest BCUT2D eigenvalue weighted by atomic mass is 19.1. The van der Waals surface area contributed by atoms with Crippen LogP contribution < -0.4 is 14.8 Å². The Morgan fingerprint density at radius 1 is 1.07 bits per heavy atom. The van der Waals surface area contributed by atoms with E-state index in [4.69, 9.17) is 14.2 Å². The van der Waals surface area contributed by atoms with E-state index in [1.54, 1.807) is 18.2 Å². The Balaban J connectivity index is 1.51. The van der Waals surface area contributed by atoms with Crippen molar-refractivity contribution in [3.8, 4) is 11.5 Å². The summed E-state index contributed by atoms with van der Waals surface area (Å²) in [5.74, 6) is -1.85. The van der Waals surface area contributed by atoms with Gasteiger partial charge in [0, 0.05) is 12.1 Å². The number of anilines is 1. The first-order chi connectivity index (χ1) is 13.0. The van der Waals surface area contributed by atoms with Crippen LogP contribution in [0.1, 0.15) is 5.56 Å². The maximum absolute atomic E-state index is 13.4. The zero-order chi connectivity index (χ0) is 19.2. The largest absolute Gasteiger partial charge is 0.486 e. The van der Waals surface area contributed by atoms with Crippen LogP contribution in [0, 0.1) is 11.6 Å². The number of nitrogens with one attached hydrogen (secondary N) is 1. The molecule has 0 saturated heterocycles. The highest BCUT2D eigenvalue weighted by Crippen LogP contribution is 2.31. The number of hydrogen-bond donors (Lipinski definition) is 1. The second-order valence-corrected chi connectivity index (χ2v) is 5.52. The second kappa shape index (κ2) is 8.31. The summed E-state index contributed by atoms with van der Waals surface area (Å²) in [7, 11) is 0. The lowest BCUT2D eigenvalue weighted by molar-refractivity contribution is -0.142. The number of benzene rings is 2. The number of esters is 1. The summed E-state index contributed by atoms with van der Waals surface area (Å²) < 4.78 is 42.1. The molecule has 8 heteroatoms. The quantitative estimate of drug-likeness (QED) is 0.643. The fraction of sp³-hybridized carbons (Fsp3) is 0.158. The maximum Gasteiger partial charge on any atom is 0.331 e. The molecule has 1 aliphatic rings. The second-order valence-electron chi connectivity index (χ2n) is 5.52. The predicted octanol–water partition coefficient (Wildman–Crippen LogP) is 2.93. The number of ether oxygens (including phenoxy) is 3. The van der Waals surface area contributed by atoms with Crippen LogP contribution in [0.25, 0.3) is 6.08 Å². The van der Waals surface area contributed by atoms with Gasteiger partial charge in [0.05, 0.1) is 5.69 Å². The van der Waals surface area contributed by atoms with Gasteiger partial charge in [0.2, 0.25) is 0 Å². The van der Waals surface area contributed by atoms with Crippen molar-refractivity contribution in [2.45, 2.75) is 0 Å². The third-order valence-electron chi connectivity index (χ3n) is 3.53. The number of rotatable bonds is 5. The number of carbonyl (C=O) groups excluding carboxylic acids is 2. The number of amides is 1. The number of hydrogen-bond acceptors (Lipinski definition) is 5. The van der Waals surface area contributed by atoms with Crippen LogP contribution in [-0.4, -0.2) is 31.7 Å². The van der Waals surface area contributed by atoms with E-state index in [0.717, 1.165) is 24.3 Å². The van der Waals surface area contributed by atoms with Crippen LogP contribution in [0.3, 0.4) is 0 Å². The molecule has 0 aliphatic carbocycles. The molecular formula is C19H15F2NO5. The van der Waals surface area contributed by atoms with Crippen molar-refractivity contribution in [2.24, 2.45) is 0 Å². The highest BCUT2D eigenvalue weighted by Gasteiger charge is 2.12. The molecule has 0 bridgehead atoms. The van der Waals surface area contributed by atoms with E-state index >= 15 is 0 Å². The van der Waals surface area contributed by atoms with Gasteiger partial charge >= 0.3 is 5.97 Å². The highest BCUT2D eigenvalue weighted by molar-refractivity contribution is 5.94. The van der Waals surface area contributed by atoms with Gasteiger partial charge in [0.1, 0.15) is 24.8 Å². The minimum absolute atomic E-state index is 0.331. The predicted molar refractivity (Wildman–Crippen MR) is 92.4 cm³/mol. The summed E-state index contributed by atoms with van der Waals surface area (Å²) in [5.41, 5.74) is 0.352. The number of carbonyl (C=O) groups is 2. The molecule has 0 atom stereocenters. The van der Waals surface area contributed by atoms with Gasteiger partial charge in [-0.3, -0.25) is 4.79 Å². The minimum Gasteiger partial charge on any atom is -0.486 e. The molecule has 3 rings (SSSR count). The normalized spacial score (nSPS) is 12.7. The monoisotopic (exact) mass is 375 g/mol. The van der Waals surface area contributed by atoms with Gasteiger partial charge < -0.3 is 19.5 Å². The Hall–Kier alpha value is -3.42.